The highest BCUT2D eigenvalue weighted by molar-refractivity contribution is 5.69. The number of carbonyl (C=O) groups is 1. The molecular formula is C32H39N3O5. The summed E-state index contributed by atoms with van der Waals surface area (Å²) in [7, 11) is 1.41. The van der Waals surface area contributed by atoms with Gasteiger partial charge in [-0.2, -0.15) is 0 Å². The van der Waals surface area contributed by atoms with Crippen molar-refractivity contribution in [3.8, 4) is 17.0 Å². The van der Waals surface area contributed by atoms with E-state index in [1.54, 1.807) is 18.3 Å². The van der Waals surface area contributed by atoms with Crippen LogP contribution in [0.2, 0.25) is 0 Å². The molecule has 212 valence electrons. The van der Waals surface area contributed by atoms with E-state index in [9.17, 15) is 4.79 Å². The number of methoxy groups -OCH3 is 1. The van der Waals surface area contributed by atoms with Crippen molar-refractivity contribution in [3.05, 3.63) is 91.2 Å². The van der Waals surface area contributed by atoms with Crippen LogP contribution in [0, 0.1) is 0 Å². The molecule has 0 aliphatic rings. The van der Waals surface area contributed by atoms with Gasteiger partial charge >= 0.3 is 5.97 Å². The molecule has 0 spiro atoms. The van der Waals surface area contributed by atoms with Crippen LogP contribution in [0.15, 0.2) is 80.0 Å². The number of hydrogen-bond acceptors (Lipinski definition) is 8. The Morgan fingerprint density at radius 1 is 1.05 bits per heavy atom. The summed E-state index contributed by atoms with van der Waals surface area (Å²) < 4.78 is 22.4. The number of esters is 1. The molecule has 8 heteroatoms. The van der Waals surface area contributed by atoms with Crippen molar-refractivity contribution in [1.29, 1.82) is 0 Å². The Kier molecular flexibility index (Phi) is 12.9. The van der Waals surface area contributed by atoms with Crippen molar-refractivity contribution in [2.45, 2.75) is 51.9 Å². The Morgan fingerprint density at radius 2 is 1.85 bits per heavy atom. The number of aromatic nitrogens is 2. The van der Waals surface area contributed by atoms with Crippen LogP contribution in [0.4, 0.5) is 11.6 Å². The second kappa shape index (κ2) is 16.8. The van der Waals surface area contributed by atoms with Crippen LogP contribution in [-0.2, 0) is 32.2 Å². The van der Waals surface area contributed by atoms with Gasteiger partial charge in [-0.25, -0.2) is 9.97 Å². The molecule has 3 aromatic rings. The molecule has 1 atom stereocenters. The fourth-order valence-corrected chi connectivity index (χ4v) is 4.03. The standard InChI is InChI=1S/C32H39N3O5/c1-5-18-38-22-24-10-8-11-25(20-24)29-16-17-33-32(35-29)34-27-14-15-30(26(21-27)23-39-19-6-2)40-28(7-3)12-9-13-31(36)37-4/h5-6,8,10-11,14-17,20-21,28H,1-2,7,9,12-13,18-19,22-23H2,3-4H3,(H,33,34,35). The van der Waals surface area contributed by atoms with Gasteiger partial charge in [0, 0.05) is 29.4 Å². The minimum atomic E-state index is -0.208. The van der Waals surface area contributed by atoms with E-state index in [1.807, 2.05) is 42.5 Å². The monoisotopic (exact) mass is 545 g/mol. The van der Waals surface area contributed by atoms with E-state index in [2.05, 4.69) is 36.4 Å². The van der Waals surface area contributed by atoms with E-state index < -0.39 is 0 Å². The van der Waals surface area contributed by atoms with E-state index in [1.165, 1.54) is 7.11 Å². The third-order valence-electron chi connectivity index (χ3n) is 6.08. The highest BCUT2D eigenvalue weighted by Crippen LogP contribution is 2.28. The molecule has 0 saturated carbocycles. The van der Waals surface area contributed by atoms with Gasteiger partial charge < -0.3 is 24.3 Å². The first-order chi connectivity index (χ1) is 19.6. The SMILES string of the molecule is C=CCOCc1cccc(-c2ccnc(Nc3ccc(OC(CC)CCCC(=O)OC)c(COCC=C)c3)n2)c1. The van der Waals surface area contributed by atoms with Crippen molar-refractivity contribution in [2.24, 2.45) is 0 Å². The summed E-state index contributed by atoms with van der Waals surface area (Å²) in [6.45, 7) is 11.3. The summed E-state index contributed by atoms with van der Waals surface area (Å²) in [6.07, 6.45) is 7.79. The van der Waals surface area contributed by atoms with E-state index in [4.69, 9.17) is 23.9 Å². The highest BCUT2D eigenvalue weighted by atomic mass is 16.5. The molecule has 1 N–H and O–H groups in total. The van der Waals surface area contributed by atoms with Gasteiger partial charge in [-0.05, 0) is 55.2 Å². The molecule has 0 amide bonds. The molecule has 0 fully saturated rings. The first-order valence-corrected chi connectivity index (χ1v) is 13.5. The van der Waals surface area contributed by atoms with Crippen LogP contribution in [0.1, 0.15) is 43.7 Å². The predicted octanol–water partition coefficient (Wildman–Crippen LogP) is 6.79. The quantitative estimate of drug-likeness (QED) is 0.106. The van der Waals surface area contributed by atoms with Crippen LogP contribution in [-0.4, -0.2) is 42.4 Å². The van der Waals surface area contributed by atoms with Gasteiger partial charge in [-0.3, -0.25) is 4.79 Å². The predicted molar refractivity (Wildman–Crippen MR) is 157 cm³/mol. The summed E-state index contributed by atoms with van der Waals surface area (Å²) in [5, 5.41) is 3.31. The number of nitrogens with zero attached hydrogens (tertiary/aromatic N) is 2. The zero-order valence-electron chi connectivity index (χ0n) is 23.4. The molecule has 0 saturated heterocycles. The Labute approximate surface area is 237 Å². The summed E-state index contributed by atoms with van der Waals surface area (Å²) in [4.78, 5) is 20.6. The zero-order chi connectivity index (χ0) is 28.6. The largest absolute Gasteiger partial charge is 0.490 e. The molecule has 0 aliphatic heterocycles. The summed E-state index contributed by atoms with van der Waals surface area (Å²) in [5.74, 6) is 1.01. The van der Waals surface area contributed by atoms with Gasteiger partial charge in [0.05, 0.1) is 45.3 Å². The van der Waals surface area contributed by atoms with E-state index in [0.29, 0.717) is 45.2 Å². The van der Waals surface area contributed by atoms with Gasteiger partial charge in [0.2, 0.25) is 5.95 Å². The molecule has 8 nitrogen and oxygen atoms in total. The fraction of sp³-hybridized carbons (Fsp3) is 0.344. The summed E-state index contributed by atoms with van der Waals surface area (Å²) in [5.41, 5.74) is 4.54. The molecule has 0 bridgehead atoms. The van der Waals surface area contributed by atoms with Gasteiger partial charge in [-0.15, -0.1) is 13.2 Å². The van der Waals surface area contributed by atoms with Crippen molar-refractivity contribution in [2.75, 3.05) is 25.6 Å². The number of nitrogens with one attached hydrogen (secondary N) is 1. The van der Waals surface area contributed by atoms with Gasteiger partial charge in [0.1, 0.15) is 5.75 Å². The maximum Gasteiger partial charge on any atom is 0.305 e. The Morgan fingerprint density at radius 3 is 2.60 bits per heavy atom. The highest BCUT2D eigenvalue weighted by Gasteiger charge is 2.14. The lowest BCUT2D eigenvalue weighted by Gasteiger charge is -2.20. The number of benzene rings is 2. The number of ether oxygens (including phenoxy) is 4. The topological polar surface area (TPSA) is 91.8 Å². The van der Waals surface area contributed by atoms with Crippen molar-refractivity contribution < 1.29 is 23.7 Å². The first kappa shape index (κ1) is 30.5. The van der Waals surface area contributed by atoms with Gasteiger partial charge in [0.25, 0.3) is 0 Å². The number of hydrogen-bond donors (Lipinski definition) is 1. The van der Waals surface area contributed by atoms with Crippen molar-refractivity contribution in [1.82, 2.24) is 9.97 Å². The number of carbonyl (C=O) groups excluding carboxylic acids is 1. The molecule has 40 heavy (non-hydrogen) atoms. The minimum Gasteiger partial charge on any atom is -0.490 e. The lowest BCUT2D eigenvalue weighted by Crippen LogP contribution is -2.17. The third-order valence-corrected chi connectivity index (χ3v) is 6.08. The second-order valence-electron chi connectivity index (χ2n) is 9.14. The van der Waals surface area contributed by atoms with Crippen LogP contribution in [0.25, 0.3) is 11.3 Å². The fourth-order valence-electron chi connectivity index (χ4n) is 4.03. The molecule has 0 aliphatic carbocycles. The molecule has 1 heterocycles. The minimum absolute atomic E-state index is 0.0282. The maximum atomic E-state index is 11.5. The normalized spacial score (nSPS) is 11.4. The lowest BCUT2D eigenvalue weighted by atomic mass is 10.1. The Hall–Kier alpha value is -4.01. The average Bonchev–Trinajstić information content (AvgIpc) is 2.98. The van der Waals surface area contributed by atoms with E-state index in [-0.39, 0.29) is 12.1 Å². The Bertz CT molecular complexity index is 1250. The molecular weight excluding hydrogens is 506 g/mol. The molecule has 1 unspecified atom stereocenters. The van der Waals surface area contributed by atoms with Crippen LogP contribution < -0.4 is 10.1 Å². The molecule has 1 aromatic heterocycles. The van der Waals surface area contributed by atoms with Gasteiger partial charge in [0.15, 0.2) is 0 Å². The maximum absolute atomic E-state index is 11.5. The summed E-state index contributed by atoms with van der Waals surface area (Å²) >= 11 is 0. The lowest BCUT2D eigenvalue weighted by molar-refractivity contribution is -0.140. The van der Waals surface area contributed by atoms with Crippen LogP contribution >= 0.6 is 0 Å². The second-order valence-corrected chi connectivity index (χ2v) is 9.14. The zero-order valence-corrected chi connectivity index (χ0v) is 23.4. The van der Waals surface area contributed by atoms with Crippen LogP contribution in [0.5, 0.6) is 5.75 Å². The first-order valence-electron chi connectivity index (χ1n) is 13.5. The van der Waals surface area contributed by atoms with E-state index in [0.717, 1.165) is 46.7 Å². The molecule has 2 aromatic carbocycles. The van der Waals surface area contributed by atoms with Gasteiger partial charge in [-0.1, -0.05) is 37.3 Å². The average molecular weight is 546 g/mol. The summed E-state index contributed by atoms with van der Waals surface area (Å²) in [6, 6.07) is 15.8. The van der Waals surface area contributed by atoms with E-state index >= 15 is 0 Å². The number of rotatable bonds is 18. The number of anilines is 2. The molecule has 0 radical (unpaired) electrons. The van der Waals surface area contributed by atoms with Crippen molar-refractivity contribution >= 4 is 17.6 Å². The third kappa shape index (κ3) is 9.94. The Balaban J connectivity index is 1.74. The van der Waals surface area contributed by atoms with Crippen LogP contribution in [0.3, 0.4) is 0 Å². The van der Waals surface area contributed by atoms with Crippen molar-refractivity contribution in [3.63, 3.8) is 0 Å². The smallest absolute Gasteiger partial charge is 0.305 e. The molecule has 3 rings (SSSR count).